The monoisotopic (exact) mass is 624 g/mol. The van der Waals surface area contributed by atoms with E-state index in [-0.39, 0.29) is 58.6 Å². The van der Waals surface area contributed by atoms with Crippen molar-refractivity contribution in [1.82, 2.24) is 9.97 Å². The molecule has 0 saturated heterocycles. The molecule has 0 unspecified atom stereocenters. The zero-order valence-electron chi connectivity index (χ0n) is 26.6. The minimum atomic E-state index is -0.477. The second-order valence-electron chi connectivity index (χ2n) is 14.2. The second kappa shape index (κ2) is 14.0. The zero-order valence-corrected chi connectivity index (χ0v) is 27.4. The number of halogens is 1. The van der Waals surface area contributed by atoms with Crippen molar-refractivity contribution in [3.8, 4) is 0 Å². The van der Waals surface area contributed by atoms with Gasteiger partial charge in [-0.15, -0.1) is 12.4 Å². The van der Waals surface area contributed by atoms with Crippen molar-refractivity contribution in [3.05, 3.63) is 63.5 Å². The third-order valence-electron chi connectivity index (χ3n) is 8.37. The standard InChI is InChI=1S/C17H22N2O4.C17H22N2O.ClH/c1-17(2,3)12-5-6-14(15(10-12)19(22)23)18-16(21)7-4-11-8-13(20)9-11;1-17(2,3)12-5-6-14-15(10-12)19-16(18-14)7-4-11-8-13(20)9-11;/h5-6,10-11H,4,7-9H2,1-3H3,(H,18,21);5-6,10-11H,4,7-9H2,1-3H3,(H,18,19);1H. The van der Waals surface area contributed by atoms with Crippen LogP contribution in [-0.2, 0) is 31.6 Å². The van der Waals surface area contributed by atoms with Gasteiger partial charge in [0.15, 0.2) is 0 Å². The second-order valence-corrected chi connectivity index (χ2v) is 14.2. The van der Waals surface area contributed by atoms with Gasteiger partial charge in [0.05, 0.1) is 16.0 Å². The normalized spacial score (nSPS) is 15.5. The van der Waals surface area contributed by atoms with Gasteiger partial charge in [0, 0.05) is 44.6 Å². The minimum absolute atomic E-state index is 0. The summed E-state index contributed by atoms with van der Waals surface area (Å²) in [7, 11) is 0. The molecule has 1 heterocycles. The van der Waals surface area contributed by atoms with E-state index < -0.39 is 4.92 Å². The number of ketones is 2. The molecule has 2 saturated carbocycles. The van der Waals surface area contributed by atoms with Crippen molar-refractivity contribution in [1.29, 1.82) is 0 Å². The molecule has 1 amide bonds. The van der Waals surface area contributed by atoms with Crippen LogP contribution in [0.15, 0.2) is 36.4 Å². The molecule has 44 heavy (non-hydrogen) atoms. The first-order valence-electron chi connectivity index (χ1n) is 15.2. The SMILES string of the molecule is CC(C)(C)c1ccc(NC(=O)CCC2CC(=O)C2)c([N+](=O)[O-])c1.CC(C)(C)c1ccc2nc(CCC3CC(=O)C3)[nH]c2c1.Cl. The van der Waals surface area contributed by atoms with E-state index in [1.807, 2.05) is 20.8 Å². The molecule has 1 aromatic heterocycles. The van der Waals surface area contributed by atoms with Crippen molar-refractivity contribution in [2.75, 3.05) is 5.32 Å². The van der Waals surface area contributed by atoms with E-state index in [2.05, 4.69) is 54.3 Å². The number of rotatable bonds is 8. The fourth-order valence-corrected chi connectivity index (χ4v) is 5.37. The zero-order chi connectivity index (χ0) is 31.5. The Hall–Kier alpha value is -3.59. The van der Waals surface area contributed by atoms with Gasteiger partial charge < -0.3 is 10.3 Å². The molecular weight excluding hydrogens is 580 g/mol. The molecule has 2 aliphatic rings. The summed E-state index contributed by atoms with van der Waals surface area (Å²) in [5, 5.41) is 13.9. The lowest BCUT2D eigenvalue weighted by Gasteiger charge is -2.23. The fourth-order valence-electron chi connectivity index (χ4n) is 5.37. The minimum Gasteiger partial charge on any atom is -0.342 e. The van der Waals surface area contributed by atoms with E-state index in [4.69, 9.17) is 0 Å². The summed E-state index contributed by atoms with van der Waals surface area (Å²) in [4.78, 5) is 52.7. The number of aromatic amines is 1. The largest absolute Gasteiger partial charge is 0.342 e. The van der Waals surface area contributed by atoms with E-state index in [9.17, 15) is 24.5 Å². The summed E-state index contributed by atoms with van der Waals surface area (Å²) >= 11 is 0. The van der Waals surface area contributed by atoms with Crippen LogP contribution >= 0.6 is 12.4 Å². The van der Waals surface area contributed by atoms with E-state index >= 15 is 0 Å². The average Bonchev–Trinajstić information content (AvgIpc) is 3.29. The lowest BCUT2D eigenvalue weighted by molar-refractivity contribution is -0.384. The van der Waals surface area contributed by atoms with Crippen LogP contribution in [-0.4, -0.2) is 32.4 Å². The van der Waals surface area contributed by atoms with Crippen LogP contribution in [0.1, 0.15) is 103 Å². The molecule has 0 spiro atoms. The van der Waals surface area contributed by atoms with Crippen LogP contribution in [0.3, 0.4) is 0 Å². The maximum absolute atomic E-state index is 12.0. The number of nitro benzene ring substituents is 1. The Morgan fingerprint density at radius 3 is 2.00 bits per heavy atom. The predicted octanol–water partition coefficient (Wildman–Crippen LogP) is 7.78. The molecule has 2 fully saturated rings. The number of carbonyl (C=O) groups excluding carboxylic acids is 3. The molecule has 10 heteroatoms. The van der Waals surface area contributed by atoms with Crippen LogP contribution in [0, 0.1) is 22.0 Å². The number of benzene rings is 2. The van der Waals surface area contributed by atoms with E-state index in [1.165, 1.54) is 11.6 Å². The Balaban J connectivity index is 0.000000237. The first-order chi connectivity index (χ1) is 20.1. The average molecular weight is 625 g/mol. The Morgan fingerprint density at radius 1 is 0.909 bits per heavy atom. The van der Waals surface area contributed by atoms with E-state index in [1.54, 1.807) is 12.1 Å². The Kier molecular flexibility index (Phi) is 11.1. The van der Waals surface area contributed by atoms with Crippen LogP contribution in [0.4, 0.5) is 11.4 Å². The Morgan fingerprint density at radius 2 is 1.45 bits per heavy atom. The number of nitrogens with one attached hydrogen (secondary N) is 2. The molecule has 2 aromatic carbocycles. The highest BCUT2D eigenvalue weighted by molar-refractivity contribution is 5.93. The van der Waals surface area contributed by atoms with Gasteiger partial charge in [0.1, 0.15) is 23.1 Å². The highest BCUT2D eigenvalue weighted by Crippen LogP contribution is 2.33. The van der Waals surface area contributed by atoms with Gasteiger partial charge in [-0.05, 0) is 64.8 Å². The summed E-state index contributed by atoms with van der Waals surface area (Å²) < 4.78 is 0. The Bertz CT molecular complexity index is 1520. The van der Waals surface area contributed by atoms with Gasteiger partial charge in [-0.2, -0.15) is 0 Å². The van der Waals surface area contributed by atoms with Crippen LogP contribution in [0.2, 0.25) is 0 Å². The van der Waals surface area contributed by atoms with Gasteiger partial charge in [-0.25, -0.2) is 4.98 Å². The number of imidazole rings is 1. The topological polar surface area (TPSA) is 135 Å². The third-order valence-corrected chi connectivity index (χ3v) is 8.37. The van der Waals surface area contributed by atoms with Gasteiger partial charge in [-0.3, -0.25) is 24.5 Å². The Labute approximate surface area is 265 Å². The third kappa shape index (κ3) is 9.21. The van der Waals surface area contributed by atoms with E-state index in [0.717, 1.165) is 48.1 Å². The number of amides is 1. The molecule has 0 atom stereocenters. The summed E-state index contributed by atoms with van der Waals surface area (Å²) in [5.41, 5.74) is 4.41. The van der Waals surface area contributed by atoms with Crippen molar-refractivity contribution >= 4 is 52.3 Å². The van der Waals surface area contributed by atoms with Crippen molar-refractivity contribution in [2.45, 2.75) is 104 Å². The maximum atomic E-state index is 12.0. The first kappa shape index (κ1) is 34.9. The van der Waals surface area contributed by atoms with Crippen molar-refractivity contribution in [3.63, 3.8) is 0 Å². The summed E-state index contributed by atoms with van der Waals surface area (Å²) in [6.07, 6.45) is 5.57. The number of nitro groups is 1. The van der Waals surface area contributed by atoms with Gasteiger partial charge in [-0.1, -0.05) is 53.7 Å². The summed E-state index contributed by atoms with van der Waals surface area (Å²) in [5.74, 6) is 2.31. The number of aryl methyl sites for hydroxylation is 1. The maximum Gasteiger partial charge on any atom is 0.293 e. The predicted molar refractivity (Wildman–Crippen MR) is 175 cm³/mol. The molecule has 0 radical (unpaired) electrons. The molecule has 5 rings (SSSR count). The van der Waals surface area contributed by atoms with Crippen LogP contribution in [0.5, 0.6) is 0 Å². The molecule has 0 bridgehead atoms. The quantitative estimate of drug-likeness (QED) is 0.194. The molecule has 2 aliphatic carbocycles. The number of anilines is 1. The van der Waals surface area contributed by atoms with E-state index in [0.29, 0.717) is 31.0 Å². The van der Waals surface area contributed by atoms with Crippen molar-refractivity contribution in [2.24, 2.45) is 11.8 Å². The van der Waals surface area contributed by atoms with Gasteiger partial charge in [0.25, 0.3) is 5.69 Å². The lowest BCUT2D eigenvalue weighted by atomic mass is 9.81. The number of Topliss-reactive ketones (excluding diaryl/α,β-unsaturated/α-hetero) is 2. The number of hydrogen-bond acceptors (Lipinski definition) is 6. The van der Waals surface area contributed by atoms with Crippen LogP contribution in [0.25, 0.3) is 11.0 Å². The molecule has 3 aromatic rings. The fraction of sp³-hybridized carbons (Fsp3) is 0.529. The van der Waals surface area contributed by atoms with Crippen molar-refractivity contribution < 1.29 is 19.3 Å². The number of nitrogens with zero attached hydrogens (tertiary/aromatic N) is 2. The highest BCUT2D eigenvalue weighted by atomic mass is 35.5. The van der Waals surface area contributed by atoms with Gasteiger partial charge >= 0.3 is 0 Å². The smallest absolute Gasteiger partial charge is 0.293 e. The molecule has 9 nitrogen and oxygen atoms in total. The first-order valence-corrected chi connectivity index (χ1v) is 15.2. The molecule has 0 aliphatic heterocycles. The molecule has 238 valence electrons. The molecular formula is C34H45ClN4O5. The number of carbonyl (C=O) groups is 3. The highest BCUT2D eigenvalue weighted by Gasteiger charge is 2.28. The van der Waals surface area contributed by atoms with Crippen LogP contribution < -0.4 is 5.32 Å². The summed E-state index contributed by atoms with van der Waals surface area (Å²) in [6.45, 7) is 12.6. The lowest BCUT2D eigenvalue weighted by Crippen LogP contribution is -2.24. The molecule has 2 N–H and O–H groups in total. The number of H-pyrrole nitrogens is 1. The number of aromatic nitrogens is 2. The summed E-state index contributed by atoms with van der Waals surface area (Å²) in [6, 6.07) is 11.4. The van der Waals surface area contributed by atoms with Gasteiger partial charge in [0.2, 0.25) is 5.91 Å². The number of hydrogen-bond donors (Lipinski definition) is 2. The number of fused-ring (bicyclic) bond motifs is 1.